The van der Waals surface area contributed by atoms with Gasteiger partial charge in [-0.2, -0.15) is 0 Å². The second-order valence-corrected chi connectivity index (χ2v) is 22.6. The predicted octanol–water partition coefficient (Wildman–Crippen LogP) is 16.1. The maximum atomic E-state index is 13.4. The van der Waals surface area contributed by atoms with Crippen LogP contribution in [-0.2, 0) is 23.8 Å². The summed E-state index contributed by atoms with van der Waals surface area (Å²) in [4.78, 5) is 26.5. The normalized spacial score (nSPS) is 19.3. The fraction of sp³-hybridized carbons (Fsp3) is 0.768. The number of hydrogen-bond acceptors (Lipinski definition) is 10. The van der Waals surface area contributed by atoms with Gasteiger partial charge in [0.25, 0.3) is 0 Å². The highest BCUT2D eigenvalue weighted by atomic mass is 16.7. The third kappa shape index (κ3) is 43.5. The lowest BCUT2D eigenvalue weighted by Crippen LogP contribution is -2.61. The van der Waals surface area contributed by atoms with Crippen LogP contribution in [0.4, 0.5) is 0 Å². The lowest BCUT2D eigenvalue weighted by Gasteiger charge is -2.41. The second kappa shape index (κ2) is 56.3. The maximum absolute atomic E-state index is 13.4. The molecule has 0 saturated carbocycles. The number of aliphatic hydroxyl groups is 5. The van der Waals surface area contributed by atoms with Crippen molar-refractivity contribution in [2.24, 2.45) is 0 Å². The smallest absolute Gasteiger partial charge is 0.306 e. The van der Waals surface area contributed by atoms with Crippen molar-refractivity contribution < 1.29 is 49.3 Å². The van der Waals surface area contributed by atoms with Gasteiger partial charge in [-0.1, -0.05) is 279 Å². The summed E-state index contributed by atoms with van der Waals surface area (Å²) < 4.78 is 17.6. The van der Waals surface area contributed by atoms with E-state index in [1.54, 1.807) is 6.08 Å². The highest BCUT2D eigenvalue weighted by Crippen LogP contribution is 2.26. The molecule has 1 amide bonds. The third-order valence-electron chi connectivity index (χ3n) is 15.1. The Labute approximate surface area is 489 Å². The molecule has 1 aliphatic rings. The standard InChI is InChI=1S/C69H121NO10/c1-4-7-10-13-16-19-22-25-26-27-28-29-30-31-32-33-34-35-36-37-38-39-42-45-48-51-54-57-64(74)80-67-66(76)65(75)63(58-71)79-69(67)78-59-60(61(72)55-52-49-46-43-40-23-20-17-14-11-8-5-2)70-68(77)62(73)56-53-50-47-44-41-24-21-18-15-12-9-6-3/h9,12,15-16,18-19,21,24-26,41,44,52,55,60-63,65-67,69,71-73,75-76H,4-8,10-11,13-14,17,20,22-23,27-40,42-43,45-51,53-54,56-59H2,1-3H3,(H,70,77)/b12-9+,18-15+,19-16-,24-21-,26-25-,44-41-,55-52+. The number of carbonyl (C=O) groups excluding carboxylic acids is 2. The van der Waals surface area contributed by atoms with E-state index in [0.29, 0.717) is 12.8 Å². The average Bonchev–Trinajstić information content (AvgIpc) is 3.46. The molecule has 462 valence electrons. The number of allylic oxidation sites excluding steroid dienone is 13. The van der Waals surface area contributed by atoms with Crippen LogP contribution in [0, 0.1) is 0 Å². The van der Waals surface area contributed by atoms with E-state index in [1.165, 1.54) is 161 Å². The first-order valence-electron chi connectivity index (χ1n) is 32.9. The largest absolute Gasteiger partial charge is 0.454 e. The van der Waals surface area contributed by atoms with Gasteiger partial charge in [-0.15, -0.1) is 0 Å². The molecule has 0 spiro atoms. The minimum Gasteiger partial charge on any atom is -0.454 e. The summed E-state index contributed by atoms with van der Waals surface area (Å²) >= 11 is 0. The lowest BCUT2D eigenvalue weighted by atomic mass is 9.99. The lowest BCUT2D eigenvalue weighted by molar-refractivity contribution is -0.305. The number of rotatable bonds is 55. The van der Waals surface area contributed by atoms with Crippen molar-refractivity contribution >= 4 is 11.9 Å². The van der Waals surface area contributed by atoms with Gasteiger partial charge in [0.1, 0.15) is 24.4 Å². The molecule has 0 aromatic rings. The summed E-state index contributed by atoms with van der Waals surface area (Å²) in [5, 5.41) is 56.9. The van der Waals surface area contributed by atoms with Crippen molar-refractivity contribution in [3.63, 3.8) is 0 Å². The van der Waals surface area contributed by atoms with Crippen LogP contribution in [0.15, 0.2) is 85.1 Å². The van der Waals surface area contributed by atoms with Crippen LogP contribution in [0.5, 0.6) is 0 Å². The summed E-state index contributed by atoms with van der Waals surface area (Å²) in [6.45, 7) is 5.60. The summed E-state index contributed by atoms with van der Waals surface area (Å²) in [5.74, 6) is -1.23. The van der Waals surface area contributed by atoms with Crippen molar-refractivity contribution in [2.45, 2.75) is 327 Å². The van der Waals surface area contributed by atoms with Crippen LogP contribution in [-0.4, -0.2) is 99.6 Å². The summed E-state index contributed by atoms with van der Waals surface area (Å²) in [6.07, 6.45) is 63.6. The molecular formula is C69H121NO10. The zero-order valence-corrected chi connectivity index (χ0v) is 51.2. The Bertz CT molecular complexity index is 1620. The molecule has 1 saturated heterocycles. The summed E-state index contributed by atoms with van der Waals surface area (Å²) in [6, 6.07) is -1.05. The molecule has 8 atom stereocenters. The van der Waals surface area contributed by atoms with Gasteiger partial charge in [-0.3, -0.25) is 9.59 Å². The van der Waals surface area contributed by atoms with Crippen LogP contribution >= 0.6 is 0 Å². The van der Waals surface area contributed by atoms with E-state index in [9.17, 15) is 35.1 Å². The number of ether oxygens (including phenoxy) is 3. The van der Waals surface area contributed by atoms with Gasteiger partial charge < -0.3 is 45.1 Å². The molecular weight excluding hydrogens is 1000 g/mol. The van der Waals surface area contributed by atoms with Gasteiger partial charge in [0, 0.05) is 6.42 Å². The second-order valence-electron chi connectivity index (χ2n) is 22.6. The Morgan fingerprint density at radius 3 is 1.48 bits per heavy atom. The number of unbranched alkanes of at least 4 members (excludes halogenated alkanes) is 32. The van der Waals surface area contributed by atoms with Crippen LogP contribution < -0.4 is 5.32 Å². The first kappa shape index (κ1) is 74.9. The Kier molecular flexibility index (Phi) is 52.7. The van der Waals surface area contributed by atoms with Gasteiger partial charge in [-0.05, 0) is 77.0 Å². The van der Waals surface area contributed by atoms with Crippen molar-refractivity contribution in [2.75, 3.05) is 13.2 Å². The van der Waals surface area contributed by atoms with Crippen molar-refractivity contribution in [3.05, 3.63) is 85.1 Å². The fourth-order valence-corrected chi connectivity index (χ4v) is 9.93. The van der Waals surface area contributed by atoms with Gasteiger partial charge in [-0.25, -0.2) is 0 Å². The molecule has 11 nitrogen and oxygen atoms in total. The molecule has 0 bridgehead atoms. The number of esters is 1. The third-order valence-corrected chi connectivity index (χ3v) is 15.1. The Morgan fingerprint density at radius 2 is 0.950 bits per heavy atom. The quantitative estimate of drug-likeness (QED) is 0.0149. The molecule has 11 heteroatoms. The maximum Gasteiger partial charge on any atom is 0.306 e. The predicted molar refractivity (Wildman–Crippen MR) is 333 cm³/mol. The Balaban J connectivity index is 2.55. The zero-order chi connectivity index (χ0) is 58.2. The SMILES string of the molecule is CC/C=C/C=C/C=C\C=C/CCCCC(O)C(=O)NC(COC1OC(CO)C(O)C(O)C1OC(=O)CCCCCCCCCCCCCCCCCCC/C=C\C/C=C\CCCCC)C(O)/C=C/CCCCCCCCCCCC. The van der Waals surface area contributed by atoms with Crippen molar-refractivity contribution in [1.82, 2.24) is 5.32 Å². The van der Waals surface area contributed by atoms with Crippen LogP contribution in [0.2, 0.25) is 0 Å². The van der Waals surface area contributed by atoms with E-state index in [0.717, 1.165) is 70.6 Å². The molecule has 1 heterocycles. The van der Waals surface area contributed by atoms with Crippen molar-refractivity contribution in [3.8, 4) is 0 Å². The Hall–Kier alpha value is -3.16. The molecule has 80 heavy (non-hydrogen) atoms. The number of aliphatic hydroxyl groups excluding tert-OH is 5. The van der Waals surface area contributed by atoms with E-state index in [2.05, 4.69) is 56.5 Å². The van der Waals surface area contributed by atoms with Gasteiger partial charge in [0.2, 0.25) is 5.91 Å². The number of hydrogen-bond donors (Lipinski definition) is 6. The first-order valence-corrected chi connectivity index (χ1v) is 32.9. The molecule has 0 aliphatic carbocycles. The van der Waals surface area contributed by atoms with Crippen LogP contribution in [0.1, 0.15) is 278 Å². The fourth-order valence-electron chi connectivity index (χ4n) is 9.93. The molecule has 6 N–H and O–H groups in total. The summed E-state index contributed by atoms with van der Waals surface area (Å²) in [7, 11) is 0. The minimum atomic E-state index is -1.62. The molecule has 8 unspecified atom stereocenters. The zero-order valence-electron chi connectivity index (χ0n) is 51.2. The Morgan fingerprint density at radius 1 is 0.512 bits per heavy atom. The first-order chi connectivity index (χ1) is 39.2. The number of nitrogens with one attached hydrogen (secondary N) is 1. The summed E-state index contributed by atoms with van der Waals surface area (Å²) in [5.41, 5.74) is 0. The topological polar surface area (TPSA) is 175 Å². The van der Waals surface area contributed by atoms with Crippen LogP contribution in [0.25, 0.3) is 0 Å². The van der Waals surface area contributed by atoms with E-state index >= 15 is 0 Å². The van der Waals surface area contributed by atoms with Crippen molar-refractivity contribution in [1.29, 1.82) is 0 Å². The molecule has 1 rings (SSSR count). The molecule has 0 aromatic heterocycles. The molecule has 1 fully saturated rings. The number of amides is 1. The minimum absolute atomic E-state index is 0.117. The molecule has 0 aromatic carbocycles. The highest BCUT2D eigenvalue weighted by Gasteiger charge is 2.47. The highest BCUT2D eigenvalue weighted by molar-refractivity contribution is 5.80. The van der Waals surface area contributed by atoms with Gasteiger partial charge in [0.05, 0.1) is 25.4 Å². The van der Waals surface area contributed by atoms with Gasteiger partial charge in [0.15, 0.2) is 12.4 Å². The number of carbonyl (C=O) groups is 2. The van der Waals surface area contributed by atoms with E-state index in [1.807, 2.05) is 48.6 Å². The van der Waals surface area contributed by atoms with E-state index < -0.39 is 67.4 Å². The monoisotopic (exact) mass is 1120 g/mol. The average molecular weight is 1120 g/mol. The van der Waals surface area contributed by atoms with E-state index in [-0.39, 0.29) is 19.4 Å². The van der Waals surface area contributed by atoms with Gasteiger partial charge >= 0.3 is 5.97 Å². The molecule has 0 radical (unpaired) electrons. The van der Waals surface area contributed by atoms with Crippen LogP contribution in [0.3, 0.4) is 0 Å². The molecule has 1 aliphatic heterocycles. The van der Waals surface area contributed by atoms with E-state index in [4.69, 9.17) is 14.2 Å².